The van der Waals surface area contributed by atoms with Crippen LogP contribution in [0.1, 0.15) is 28.2 Å². The van der Waals surface area contributed by atoms with Crippen LogP contribution >= 0.6 is 0 Å². The molecule has 1 aliphatic rings. The van der Waals surface area contributed by atoms with Gasteiger partial charge in [0.2, 0.25) is 5.82 Å². The number of hydrogen-bond donors (Lipinski definition) is 0. The first-order chi connectivity index (χ1) is 12.1. The molecule has 1 aromatic carbocycles. The number of fused-ring (bicyclic) bond motifs is 1. The molecule has 0 spiro atoms. The number of aromatic nitrogens is 2. The molecule has 0 bridgehead atoms. The molecular weight excluding hydrogens is 367 g/mol. The summed E-state index contributed by atoms with van der Waals surface area (Å²) in [5.74, 6) is -2.23. The molecular formula is C16H12F7N3. The Morgan fingerprint density at radius 3 is 2.42 bits per heavy atom. The van der Waals surface area contributed by atoms with Crippen LogP contribution in [0.4, 0.5) is 30.7 Å². The van der Waals surface area contributed by atoms with E-state index in [1.807, 2.05) is 0 Å². The average Bonchev–Trinajstić information content (AvgIpc) is 2.54. The molecule has 0 atom stereocenters. The molecule has 2 heterocycles. The fourth-order valence-electron chi connectivity index (χ4n) is 2.85. The summed E-state index contributed by atoms with van der Waals surface area (Å²) in [5.41, 5.74) is -0.967. The van der Waals surface area contributed by atoms with Gasteiger partial charge in [-0.1, -0.05) is 6.07 Å². The Bertz CT molecular complexity index is 814. The molecule has 1 aliphatic heterocycles. The number of benzene rings is 1. The molecule has 26 heavy (non-hydrogen) atoms. The summed E-state index contributed by atoms with van der Waals surface area (Å²) in [6, 6.07) is 2.73. The third-order valence-corrected chi connectivity index (χ3v) is 4.07. The molecule has 1 aromatic heterocycles. The number of hydrogen-bond acceptors (Lipinski definition) is 3. The molecule has 0 N–H and O–H groups in total. The first kappa shape index (κ1) is 18.6. The third-order valence-electron chi connectivity index (χ3n) is 4.07. The SMILES string of the molecule is Fc1cccc(C(F)(F)F)c1CN1CCc2nc(C(F)(F)F)ncc2C1. The van der Waals surface area contributed by atoms with Crippen LogP contribution in [-0.2, 0) is 31.9 Å². The van der Waals surface area contributed by atoms with Crippen molar-refractivity contribution in [2.75, 3.05) is 6.54 Å². The maximum Gasteiger partial charge on any atom is 0.451 e. The van der Waals surface area contributed by atoms with E-state index in [1.54, 1.807) is 0 Å². The first-order valence-corrected chi connectivity index (χ1v) is 7.54. The van der Waals surface area contributed by atoms with Gasteiger partial charge in [-0.3, -0.25) is 4.90 Å². The predicted octanol–water partition coefficient (Wildman–Crippen LogP) is 4.21. The quantitative estimate of drug-likeness (QED) is 0.732. The molecule has 3 rings (SSSR count). The first-order valence-electron chi connectivity index (χ1n) is 7.54. The molecule has 0 aliphatic carbocycles. The van der Waals surface area contributed by atoms with Gasteiger partial charge in [-0.05, 0) is 12.1 Å². The molecule has 0 unspecified atom stereocenters. The van der Waals surface area contributed by atoms with Gasteiger partial charge in [0.1, 0.15) is 5.82 Å². The maximum atomic E-state index is 13.9. The summed E-state index contributed by atoms with van der Waals surface area (Å²) < 4.78 is 91.1. The zero-order valence-electron chi connectivity index (χ0n) is 13.1. The van der Waals surface area contributed by atoms with E-state index in [9.17, 15) is 30.7 Å². The maximum absolute atomic E-state index is 13.9. The van der Waals surface area contributed by atoms with Gasteiger partial charge in [-0.2, -0.15) is 26.3 Å². The van der Waals surface area contributed by atoms with Crippen molar-refractivity contribution in [2.24, 2.45) is 0 Å². The van der Waals surface area contributed by atoms with Gasteiger partial charge in [0, 0.05) is 43.4 Å². The summed E-state index contributed by atoms with van der Waals surface area (Å²) in [5, 5.41) is 0. The molecule has 0 radical (unpaired) electrons. The van der Waals surface area contributed by atoms with Crippen molar-refractivity contribution >= 4 is 0 Å². The van der Waals surface area contributed by atoms with Crippen LogP contribution in [0, 0.1) is 5.82 Å². The highest BCUT2D eigenvalue weighted by atomic mass is 19.4. The highest BCUT2D eigenvalue weighted by molar-refractivity contribution is 5.31. The number of nitrogens with zero attached hydrogens (tertiary/aromatic N) is 3. The lowest BCUT2D eigenvalue weighted by Crippen LogP contribution is -2.32. The number of alkyl halides is 6. The van der Waals surface area contributed by atoms with Gasteiger partial charge >= 0.3 is 12.4 Å². The lowest BCUT2D eigenvalue weighted by atomic mass is 10.0. The smallest absolute Gasteiger partial charge is 0.294 e. The van der Waals surface area contributed by atoms with Crippen LogP contribution in [0.3, 0.4) is 0 Å². The van der Waals surface area contributed by atoms with Crippen LogP contribution in [-0.4, -0.2) is 21.4 Å². The average molecular weight is 379 g/mol. The topological polar surface area (TPSA) is 29.0 Å². The molecule has 10 heteroatoms. The molecule has 0 saturated heterocycles. The lowest BCUT2D eigenvalue weighted by Gasteiger charge is -2.29. The third kappa shape index (κ3) is 3.79. The zero-order valence-corrected chi connectivity index (χ0v) is 13.1. The van der Waals surface area contributed by atoms with Crippen LogP contribution in [0.5, 0.6) is 0 Å². The Morgan fingerprint density at radius 1 is 1.04 bits per heavy atom. The number of rotatable bonds is 2. The van der Waals surface area contributed by atoms with E-state index in [0.717, 1.165) is 24.4 Å². The standard InChI is InChI=1S/C16H12F7N3/c17-12-3-1-2-11(15(18,19)20)10(12)8-26-5-4-13-9(7-26)6-24-14(25-13)16(21,22)23/h1-3,6H,4-5,7-8H2. The number of halogens is 7. The van der Waals surface area contributed by atoms with E-state index in [1.165, 1.54) is 4.90 Å². The second-order valence-corrected chi connectivity index (χ2v) is 5.89. The van der Waals surface area contributed by atoms with E-state index in [4.69, 9.17) is 0 Å². The van der Waals surface area contributed by atoms with Crippen molar-refractivity contribution in [1.82, 2.24) is 14.9 Å². The minimum Gasteiger partial charge on any atom is -0.294 e. The predicted molar refractivity (Wildman–Crippen MR) is 76.3 cm³/mol. The van der Waals surface area contributed by atoms with Gasteiger partial charge in [-0.15, -0.1) is 0 Å². The highest BCUT2D eigenvalue weighted by Gasteiger charge is 2.37. The van der Waals surface area contributed by atoms with Crippen molar-refractivity contribution < 1.29 is 30.7 Å². The van der Waals surface area contributed by atoms with Gasteiger partial charge < -0.3 is 0 Å². The van der Waals surface area contributed by atoms with E-state index in [2.05, 4.69) is 9.97 Å². The minimum absolute atomic E-state index is 0.0408. The fraction of sp³-hybridized carbons (Fsp3) is 0.375. The Kier molecular flexibility index (Phi) is 4.63. The summed E-state index contributed by atoms with van der Waals surface area (Å²) in [6.07, 6.45) is -8.24. The molecule has 0 saturated carbocycles. The van der Waals surface area contributed by atoms with Crippen LogP contribution < -0.4 is 0 Å². The molecule has 3 nitrogen and oxygen atoms in total. The summed E-state index contributed by atoms with van der Waals surface area (Å²) >= 11 is 0. The fourth-order valence-corrected chi connectivity index (χ4v) is 2.85. The van der Waals surface area contributed by atoms with Crippen molar-refractivity contribution in [3.8, 4) is 0 Å². The molecule has 0 amide bonds. The lowest BCUT2D eigenvalue weighted by molar-refractivity contribution is -0.145. The Morgan fingerprint density at radius 2 is 1.77 bits per heavy atom. The van der Waals surface area contributed by atoms with Crippen LogP contribution in [0.2, 0.25) is 0 Å². The van der Waals surface area contributed by atoms with E-state index in [0.29, 0.717) is 5.56 Å². The van der Waals surface area contributed by atoms with Gasteiger partial charge in [0.15, 0.2) is 0 Å². The largest absolute Gasteiger partial charge is 0.451 e. The second-order valence-electron chi connectivity index (χ2n) is 5.89. The summed E-state index contributed by atoms with van der Waals surface area (Å²) in [6.45, 7) is -0.117. The minimum atomic E-state index is -4.70. The van der Waals surface area contributed by atoms with Gasteiger partial charge in [0.25, 0.3) is 0 Å². The van der Waals surface area contributed by atoms with Gasteiger partial charge in [-0.25, -0.2) is 14.4 Å². The Labute approximate surface area is 143 Å². The molecule has 2 aromatic rings. The Hall–Kier alpha value is -2.23. The van der Waals surface area contributed by atoms with E-state index in [-0.39, 0.29) is 31.7 Å². The van der Waals surface area contributed by atoms with Crippen LogP contribution in [0.15, 0.2) is 24.4 Å². The molecule has 140 valence electrons. The van der Waals surface area contributed by atoms with Crippen molar-refractivity contribution in [3.05, 3.63) is 58.4 Å². The van der Waals surface area contributed by atoms with Crippen molar-refractivity contribution in [2.45, 2.75) is 31.9 Å². The molecule has 0 fully saturated rings. The summed E-state index contributed by atoms with van der Waals surface area (Å²) in [7, 11) is 0. The normalized spacial score (nSPS) is 15.8. The van der Waals surface area contributed by atoms with Crippen LogP contribution in [0.25, 0.3) is 0 Å². The van der Waals surface area contributed by atoms with Crippen molar-refractivity contribution in [3.63, 3.8) is 0 Å². The highest BCUT2D eigenvalue weighted by Crippen LogP contribution is 2.34. The van der Waals surface area contributed by atoms with Gasteiger partial charge in [0.05, 0.1) is 11.3 Å². The van der Waals surface area contributed by atoms with Crippen molar-refractivity contribution in [1.29, 1.82) is 0 Å². The van der Waals surface area contributed by atoms with E-state index >= 15 is 0 Å². The van der Waals surface area contributed by atoms with E-state index < -0.39 is 35.1 Å². The summed E-state index contributed by atoms with van der Waals surface area (Å²) in [4.78, 5) is 8.27. The Balaban J connectivity index is 1.83. The second kappa shape index (κ2) is 6.49. The zero-order chi connectivity index (χ0) is 19.1. The monoisotopic (exact) mass is 379 g/mol.